The number of nitrogens with one attached hydrogen (secondary N) is 1. The molecule has 3 unspecified atom stereocenters. The van der Waals surface area contributed by atoms with Gasteiger partial charge < -0.3 is 15.5 Å². The highest BCUT2D eigenvalue weighted by molar-refractivity contribution is 5.70. The van der Waals surface area contributed by atoms with Crippen LogP contribution in [-0.2, 0) is 4.79 Å². The van der Waals surface area contributed by atoms with Gasteiger partial charge in [0.05, 0.1) is 5.92 Å². The summed E-state index contributed by atoms with van der Waals surface area (Å²) in [4.78, 5) is 11.1. The number of carboxylic acids is 1. The van der Waals surface area contributed by atoms with Crippen molar-refractivity contribution in [2.75, 3.05) is 0 Å². The number of aromatic hydroxyl groups is 1. The summed E-state index contributed by atoms with van der Waals surface area (Å²) < 4.78 is 0. The van der Waals surface area contributed by atoms with E-state index in [2.05, 4.69) is 12.2 Å². The second-order valence-electron chi connectivity index (χ2n) is 5.62. The lowest BCUT2D eigenvalue weighted by Gasteiger charge is -2.31. The molecule has 1 aliphatic rings. The fraction of sp³-hybridized carbons (Fsp3) is 0.562. The van der Waals surface area contributed by atoms with Crippen molar-refractivity contribution in [1.82, 2.24) is 5.32 Å². The first-order valence-corrected chi connectivity index (χ1v) is 7.38. The van der Waals surface area contributed by atoms with E-state index in [0.29, 0.717) is 6.42 Å². The van der Waals surface area contributed by atoms with Crippen LogP contribution >= 0.6 is 0 Å². The van der Waals surface area contributed by atoms with Crippen molar-refractivity contribution in [2.24, 2.45) is 5.92 Å². The molecule has 2 rings (SSSR count). The summed E-state index contributed by atoms with van der Waals surface area (Å²) in [6, 6.07) is 7.72. The second-order valence-corrected chi connectivity index (χ2v) is 5.62. The molecule has 110 valence electrons. The van der Waals surface area contributed by atoms with Crippen molar-refractivity contribution in [3.63, 3.8) is 0 Å². The van der Waals surface area contributed by atoms with Gasteiger partial charge in [0.2, 0.25) is 0 Å². The number of carbonyl (C=O) groups is 1. The number of benzene rings is 1. The first-order chi connectivity index (χ1) is 9.60. The monoisotopic (exact) mass is 277 g/mol. The third-order valence-electron chi connectivity index (χ3n) is 4.16. The Morgan fingerprint density at radius 3 is 2.65 bits per heavy atom. The first kappa shape index (κ1) is 14.9. The third kappa shape index (κ3) is 3.73. The van der Waals surface area contributed by atoms with Gasteiger partial charge in [-0.3, -0.25) is 4.79 Å². The maximum absolute atomic E-state index is 11.1. The van der Waals surface area contributed by atoms with Crippen molar-refractivity contribution >= 4 is 5.97 Å². The molecule has 1 fully saturated rings. The van der Waals surface area contributed by atoms with Gasteiger partial charge in [-0.25, -0.2) is 0 Å². The maximum Gasteiger partial charge on any atom is 0.306 e. The Hall–Kier alpha value is -1.55. The summed E-state index contributed by atoms with van der Waals surface area (Å²) in [6.07, 6.45) is 4.46. The lowest BCUT2D eigenvalue weighted by molar-refractivity contribution is -0.143. The Morgan fingerprint density at radius 1 is 1.35 bits per heavy atom. The van der Waals surface area contributed by atoms with Crippen LogP contribution < -0.4 is 5.32 Å². The summed E-state index contributed by atoms with van der Waals surface area (Å²) in [5.41, 5.74) is 1.14. The lowest BCUT2D eigenvalue weighted by atomic mass is 9.85. The van der Waals surface area contributed by atoms with Gasteiger partial charge in [0.15, 0.2) is 0 Å². The number of phenolic OH excluding ortho intramolecular Hbond substituents is 1. The molecule has 1 aliphatic carbocycles. The van der Waals surface area contributed by atoms with Gasteiger partial charge in [-0.05, 0) is 43.4 Å². The molecule has 1 aromatic carbocycles. The minimum atomic E-state index is -0.672. The van der Waals surface area contributed by atoms with Crippen LogP contribution in [0, 0.1) is 5.92 Å². The van der Waals surface area contributed by atoms with E-state index in [9.17, 15) is 9.90 Å². The standard InChI is InChI=1S/C16H23NO3/c1-2-15(11-6-8-14(18)9-7-11)17-13-5-3-4-12(10-13)16(19)20/h6-9,12-13,15,17-18H,2-5,10H2,1H3,(H,19,20). The SMILES string of the molecule is CCC(NC1CCCC(C(=O)O)C1)c1ccc(O)cc1. The molecule has 3 atom stereocenters. The Labute approximate surface area is 119 Å². The largest absolute Gasteiger partial charge is 0.508 e. The number of rotatable bonds is 5. The van der Waals surface area contributed by atoms with E-state index in [0.717, 1.165) is 31.2 Å². The smallest absolute Gasteiger partial charge is 0.306 e. The van der Waals surface area contributed by atoms with E-state index < -0.39 is 5.97 Å². The predicted molar refractivity (Wildman–Crippen MR) is 77.7 cm³/mol. The molecule has 0 bridgehead atoms. The molecule has 0 aliphatic heterocycles. The van der Waals surface area contributed by atoms with Crippen LogP contribution in [0.4, 0.5) is 0 Å². The van der Waals surface area contributed by atoms with Crippen molar-refractivity contribution in [3.05, 3.63) is 29.8 Å². The molecular formula is C16H23NO3. The summed E-state index contributed by atoms with van der Waals surface area (Å²) in [7, 11) is 0. The summed E-state index contributed by atoms with van der Waals surface area (Å²) in [5, 5.41) is 22.1. The summed E-state index contributed by atoms with van der Waals surface area (Å²) in [5.74, 6) is -0.611. The normalized spacial score (nSPS) is 24.2. The van der Waals surface area contributed by atoms with E-state index in [4.69, 9.17) is 5.11 Å². The van der Waals surface area contributed by atoms with Crippen LogP contribution in [0.1, 0.15) is 50.6 Å². The van der Waals surface area contributed by atoms with E-state index in [1.54, 1.807) is 12.1 Å². The predicted octanol–water partition coefficient (Wildman–Crippen LogP) is 3.08. The van der Waals surface area contributed by atoms with Gasteiger partial charge >= 0.3 is 5.97 Å². The zero-order valence-corrected chi connectivity index (χ0v) is 11.9. The molecule has 0 saturated heterocycles. The lowest BCUT2D eigenvalue weighted by Crippen LogP contribution is -2.38. The topological polar surface area (TPSA) is 69.6 Å². The fourth-order valence-corrected chi connectivity index (χ4v) is 3.01. The highest BCUT2D eigenvalue weighted by atomic mass is 16.4. The van der Waals surface area contributed by atoms with Crippen LogP contribution in [0.5, 0.6) is 5.75 Å². The molecule has 0 radical (unpaired) electrons. The van der Waals surface area contributed by atoms with Crippen molar-refractivity contribution in [1.29, 1.82) is 0 Å². The average molecular weight is 277 g/mol. The van der Waals surface area contributed by atoms with Crippen molar-refractivity contribution in [2.45, 2.75) is 51.1 Å². The summed E-state index contributed by atoms with van der Waals surface area (Å²) >= 11 is 0. The van der Waals surface area contributed by atoms with E-state index >= 15 is 0 Å². The van der Waals surface area contributed by atoms with Crippen LogP contribution in [0.25, 0.3) is 0 Å². The van der Waals surface area contributed by atoms with Crippen molar-refractivity contribution < 1.29 is 15.0 Å². The number of hydrogen-bond donors (Lipinski definition) is 3. The maximum atomic E-state index is 11.1. The Bertz CT molecular complexity index is 444. The van der Waals surface area contributed by atoms with Gasteiger partial charge in [-0.15, -0.1) is 0 Å². The van der Waals surface area contributed by atoms with Gasteiger partial charge in [0.25, 0.3) is 0 Å². The van der Waals surface area contributed by atoms with E-state index in [-0.39, 0.29) is 23.8 Å². The number of carboxylic acid groups (broad SMARTS) is 1. The molecule has 3 N–H and O–H groups in total. The third-order valence-corrected chi connectivity index (χ3v) is 4.16. The zero-order chi connectivity index (χ0) is 14.5. The van der Waals surface area contributed by atoms with Crippen LogP contribution in [0.15, 0.2) is 24.3 Å². The Balaban J connectivity index is 1.99. The van der Waals surface area contributed by atoms with Crippen molar-refractivity contribution in [3.8, 4) is 5.75 Å². The molecule has 1 saturated carbocycles. The van der Waals surface area contributed by atoms with Gasteiger partial charge in [-0.2, -0.15) is 0 Å². The van der Waals surface area contributed by atoms with Gasteiger partial charge in [-0.1, -0.05) is 25.5 Å². The molecule has 4 heteroatoms. The van der Waals surface area contributed by atoms with Crippen LogP contribution in [0.2, 0.25) is 0 Å². The molecular weight excluding hydrogens is 254 g/mol. The number of hydrogen-bond acceptors (Lipinski definition) is 3. The fourth-order valence-electron chi connectivity index (χ4n) is 3.01. The van der Waals surface area contributed by atoms with Crippen LogP contribution in [-0.4, -0.2) is 22.2 Å². The molecule has 1 aromatic rings. The molecule has 0 spiro atoms. The molecule has 20 heavy (non-hydrogen) atoms. The minimum Gasteiger partial charge on any atom is -0.508 e. The minimum absolute atomic E-state index is 0.210. The number of phenols is 1. The van der Waals surface area contributed by atoms with E-state index in [1.807, 2.05) is 12.1 Å². The number of aliphatic carboxylic acids is 1. The second kappa shape index (κ2) is 6.75. The molecule has 0 amide bonds. The molecule has 0 aromatic heterocycles. The highest BCUT2D eigenvalue weighted by Crippen LogP contribution is 2.28. The molecule has 4 nitrogen and oxygen atoms in total. The highest BCUT2D eigenvalue weighted by Gasteiger charge is 2.28. The van der Waals surface area contributed by atoms with Gasteiger partial charge in [0, 0.05) is 12.1 Å². The zero-order valence-electron chi connectivity index (χ0n) is 11.9. The van der Waals surface area contributed by atoms with E-state index in [1.165, 1.54) is 0 Å². The van der Waals surface area contributed by atoms with Crippen LogP contribution in [0.3, 0.4) is 0 Å². The van der Waals surface area contributed by atoms with Gasteiger partial charge in [0.1, 0.15) is 5.75 Å². The Kier molecular flexibility index (Phi) is 5.01. The quantitative estimate of drug-likeness (QED) is 0.773. The first-order valence-electron chi connectivity index (χ1n) is 7.38. The average Bonchev–Trinajstić information content (AvgIpc) is 2.46. The summed E-state index contributed by atoms with van der Waals surface area (Å²) in [6.45, 7) is 2.11. The Morgan fingerprint density at radius 2 is 2.05 bits per heavy atom. The molecule has 0 heterocycles.